The first-order valence-electron chi connectivity index (χ1n) is 8.02. The lowest BCUT2D eigenvalue weighted by atomic mass is 10.2. The fraction of sp³-hybridized carbons (Fsp3) is 0.533. The molecule has 1 aliphatic heterocycles. The molecule has 1 aromatic rings. The molecule has 2 heterocycles. The number of aromatic nitrogens is 1. The van der Waals surface area contributed by atoms with Gasteiger partial charge >= 0.3 is 6.03 Å². The zero-order valence-corrected chi connectivity index (χ0v) is 14.8. The Morgan fingerprint density at radius 2 is 2.20 bits per heavy atom. The summed E-state index contributed by atoms with van der Waals surface area (Å²) in [7, 11) is -3.03. The Hall–Kier alpha value is -2.36. The normalized spacial score (nSPS) is 18.4. The monoisotopic (exact) mass is 370 g/mol. The third-order valence-electron chi connectivity index (χ3n) is 3.54. The predicted molar refractivity (Wildman–Crippen MR) is 92.2 cm³/mol. The van der Waals surface area contributed by atoms with Crippen LogP contribution < -0.4 is 20.7 Å². The first-order chi connectivity index (χ1) is 11.9. The molecule has 0 aromatic carbocycles. The molecule has 3 N–H and O–H groups in total. The number of hydrogen-bond donors (Lipinski definition) is 3. The number of carbonyl (C=O) groups excluding carboxylic acids is 2. The van der Waals surface area contributed by atoms with Crippen molar-refractivity contribution in [3.8, 4) is 5.88 Å². The van der Waals surface area contributed by atoms with E-state index in [0.29, 0.717) is 24.6 Å². The number of pyridine rings is 1. The number of ether oxygens (including phenoxy) is 1. The Morgan fingerprint density at radius 1 is 1.40 bits per heavy atom. The molecule has 0 spiro atoms. The Kier molecular flexibility index (Phi) is 6.57. The first kappa shape index (κ1) is 19.0. The smallest absolute Gasteiger partial charge is 0.319 e. The molecule has 3 amide bonds. The first-order valence-corrected chi connectivity index (χ1v) is 9.84. The van der Waals surface area contributed by atoms with Crippen molar-refractivity contribution in [2.75, 3.05) is 30.0 Å². The molecule has 1 fully saturated rings. The Bertz CT molecular complexity index is 722. The highest BCUT2D eigenvalue weighted by Gasteiger charge is 2.28. The Balaban J connectivity index is 1.71. The number of nitrogens with one attached hydrogen (secondary N) is 3. The van der Waals surface area contributed by atoms with E-state index in [1.807, 2.05) is 6.92 Å². The summed E-state index contributed by atoms with van der Waals surface area (Å²) in [6.45, 7) is 2.36. The van der Waals surface area contributed by atoms with Crippen LogP contribution in [-0.2, 0) is 14.6 Å². The summed E-state index contributed by atoms with van der Waals surface area (Å²) >= 11 is 0. The van der Waals surface area contributed by atoms with Crippen LogP contribution in [0.1, 0.15) is 19.8 Å². The molecule has 9 nitrogen and oxygen atoms in total. The van der Waals surface area contributed by atoms with Crippen molar-refractivity contribution in [2.24, 2.45) is 0 Å². The summed E-state index contributed by atoms with van der Waals surface area (Å²) in [5.41, 5.74) is 0.433. The summed E-state index contributed by atoms with van der Waals surface area (Å²) in [6.07, 6.45) is 2.06. The molecular weight excluding hydrogens is 348 g/mol. The molecule has 2 rings (SSSR count). The van der Waals surface area contributed by atoms with Crippen LogP contribution in [0.2, 0.25) is 0 Å². The van der Waals surface area contributed by atoms with E-state index in [2.05, 4.69) is 20.9 Å². The van der Waals surface area contributed by atoms with Crippen molar-refractivity contribution in [3.05, 3.63) is 18.3 Å². The molecule has 25 heavy (non-hydrogen) atoms. The molecule has 0 radical (unpaired) electrons. The van der Waals surface area contributed by atoms with Gasteiger partial charge in [0.25, 0.3) is 0 Å². The standard InChI is InChI=1S/C15H22N4O5S/c1-2-24-14-12(4-3-7-16-14)19-15(21)17-8-5-13(20)18-11-6-9-25(22,23)10-11/h3-4,7,11H,2,5-6,8-10H2,1H3,(H,18,20)(H2,17,19,21)/t11-/m1/s1. The van der Waals surface area contributed by atoms with Crippen LogP contribution >= 0.6 is 0 Å². The van der Waals surface area contributed by atoms with Crippen LogP contribution in [0.3, 0.4) is 0 Å². The Morgan fingerprint density at radius 3 is 2.88 bits per heavy atom. The van der Waals surface area contributed by atoms with Crippen LogP contribution in [-0.4, -0.2) is 56.0 Å². The topological polar surface area (TPSA) is 126 Å². The van der Waals surface area contributed by atoms with E-state index in [-0.39, 0.29) is 36.4 Å². The fourth-order valence-corrected chi connectivity index (χ4v) is 4.08. The average Bonchev–Trinajstić information content (AvgIpc) is 2.88. The number of amides is 3. The maximum atomic E-state index is 11.9. The number of hydrogen-bond acceptors (Lipinski definition) is 6. The number of urea groups is 1. The van der Waals surface area contributed by atoms with E-state index in [4.69, 9.17) is 4.74 Å². The summed E-state index contributed by atoms with van der Waals surface area (Å²) in [5.74, 6) is 0.110. The molecular formula is C15H22N4O5S. The van der Waals surface area contributed by atoms with Gasteiger partial charge in [0, 0.05) is 25.2 Å². The van der Waals surface area contributed by atoms with E-state index in [0.717, 1.165) is 0 Å². The van der Waals surface area contributed by atoms with Gasteiger partial charge in [-0.15, -0.1) is 0 Å². The van der Waals surface area contributed by atoms with Crippen LogP contribution in [0.25, 0.3) is 0 Å². The Labute approximate surface area is 146 Å². The number of carbonyl (C=O) groups is 2. The van der Waals surface area contributed by atoms with Crippen LogP contribution in [0.15, 0.2) is 18.3 Å². The minimum atomic E-state index is -3.03. The predicted octanol–water partition coefficient (Wildman–Crippen LogP) is 0.295. The van der Waals surface area contributed by atoms with Crippen LogP contribution in [0.5, 0.6) is 5.88 Å². The van der Waals surface area contributed by atoms with E-state index in [1.54, 1.807) is 18.3 Å². The number of nitrogens with zero attached hydrogens (tertiary/aromatic N) is 1. The van der Waals surface area contributed by atoms with Gasteiger partial charge in [-0.05, 0) is 25.5 Å². The van der Waals surface area contributed by atoms with Gasteiger partial charge in [-0.1, -0.05) is 0 Å². The minimum Gasteiger partial charge on any atom is -0.476 e. The molecule has 1 aromatic heterocycles. The largest absolute Gasteiger partial charge is 0.476 e. The lowest BCUT2D eigenvalue weighted by Gasteiger charge is -2.12. The second kappa shape index (κ2) is 8.65. The van der Waals surface area contributed by atoms with E-state index in [1.165, 1.54) is 0 Å². The number of sulfone groups is 1. The summed E-state index contributed by atoms with van der Waals surface area (Å²) in [5, 5.41) is 7.83. The van der Waals surface area contributed by atoms with Crippen LogP contribution in [0, 0.1) is 0 Å². The lowest BCUT2D eigenvalue weighted by molar-refractivity contribution is -0.121. The second-order valence-electron chi connectivity index (χ2n) is 5.59. The molecule has 0 unspecified atom stereocenters. The average molecular weight is 370 g/mol. The number of rotatable bonds is 7. The van der Waals surface area contributed by atoms with Gasteiger partial charge in [0.1, 0.15) is 5.69 Å². The third kappa shape index (κ3) is 6.22. The molecule has 1 atom stereocenters. The van der Waals surface area contributed by atoms with Crippen LogP contribution in [0.4, 0.5) is 10.5 Å². The van der Waals surface area contributed by atoms with E-state index in [9.17, 15) is 18.0 Å². The van der Waals surface area contributed by atoms with E-state index < -0.39 is 15.9 Å². The van der Waals surface area contributed by atoms with Gasteiger partial charge < -0.3 is 20.7 Å². The summed E-state index contributed by atoms with van der Waals surface area (Å²) in [4.78, 5) is 27.7. The van der Waals surface area contributed by atoms with Gasteiger partial charge in [-0.3, -0.25) is 4.79 Å². The molecule has 0 saturated carbocycles. The molecule has 138 valence electrons. The molecule has 1 saturated heterocycles. The van der Waals surface area contributed by atoms with Gasteiger partial charge in [-0.25, -0.2) is 18.2 Å². The maximum absolute atomic E-state index is 11.9. The molecule has 10 heteroatoms. The van der Waals surface area contributed by atoms with Gasteiger partial charge in [0.05, 0.1) is 18.1 Å². The zero-order chi connectivity index (χ0) is 18.3. The summed E-state index contributed by atoms with van der Waals surface area (Å²) in [6, 6.07) is 2.51. The maximum Gasteiger partial charge on any atom is 0.319 e. The fourth-order valence-electron chi connectivity index (χ4n) is 2.40. The molecule has 0 aliphatic carbocycles. The number of anilines is 1. The third-order valence-corrected chi connectivity index (χ3v) is 5.30. The summed E-state index contributed by atoms with van der Waals surface area (Å²) < 4.78 is 28.0. The highest BCUT2D eigenvalue weighted by atomic mass is 32.2. The van der Waals surface area contributed by atoms with E-state index >= 15 is 0 Å². The van der Waals surface area contributed by atoms with Crippen molar-refractivity contribution < 1.29 is 22.7 Å². The van der Waals surface area contributed by atoms with Crippen molar-refractivity contribution >= 4 is 27.5 Å². The van der Waals surface area contributed by atoms with Crippen molar-refractivity contribution in [1.29, 1.82) is 0 Å². The highest BCUT2D eigenvalue weighted by molar-refractivity contribution is 7.91. The van der Waals surface area contributed by atoms with Crippen molar-refractivity contribution in [2.45, 2.75) is 25.8 Å². The SMILES string of the molecule is CCOc1ncccc1NC(=O)NCCC(=O)N[C@@H]1CCS(=O)(=O)C1. The zero-order valence-electron chi connectivity index (χ0n) is 13.9. The quantitative estimate of drug-likeness (QED) is 0.633. The lowest BCUT2D eigenvalue weighted by Crippen LogP contribution is -2.38. The second-order valence-corrected chi connectivity index (χ2v) is 7.82. The molecule has 0 bridgehead atoms. The van der Waals surface area contributed by atoms with Gasteiger partial charge in [-0.2, -0.15) is 0 Å². The van der Waals surface area contributed by atoms with Crippen molar-refractivity contribution in [1.82, 2.24) is 15.6 Å². The van der Waals surface area contributed by atoms with Gasteiger partial charge in [0.2, 0.25) is 11.8 Å². The highest BCUT2D eigenvalue weighted by Crippen LogP contribution is 2.20. The van der Waals surface area contributed by atoms with Crippen molar-refractivity contribution in [3.63, 3.8) is 0 Å². The minimum absolute atomic E-state index is 0.0200. The molecule has 1 aliphatic rings. The van der Waals surface area contributed by atoms with Gasteiger partial charge in [0.15, 0.2) is 9.84 Å².